The molecule has 0 aromatic heterocycles. The molecular weight excluding hydrogens is 238 g/mol. The third kappa shape index (κ3) is 3.48. The first-order valence-corrected chi connectivity index (χ1v) is 7.73. The van der Waals surface area contributed by atoms with E-state index in [1.807, 2.05) is 4.90 Å². The molecule has 2 rings (SSSR count). The van der Waals surface area contributed by atoms with Gasteiger partial charge in [0.15, 0.2) is 0 Å². The number of carbonyl (C=O) groups excluding carboxylic acids is 1. The lowest BCUT2D eigenvalue weighted by molar-refractivity contribution is -0.136. The number of hydrogen-bond donors (Lipinski definition) is 1. The van der Waals surface area contributed by atoms with Gasteiger partial charge in [-0.05, 0) is 51.1 Å². The second-order valence-corrected chi connectivity index (χ2v) is 6.76. The number of amides is 1. The van der Waals surface area contributed by atoms with Crippen LogP contribution in [0.1, 0.15) is 39.5 Å². The summed E-state index contributed by atoms with van der Waals surface area (Å²) >= 11 is 0. The van der Waals surface area contributed by atoms with Gasteiger partial charge in [-0.1, -0.05) is 13.8 Å². The second kappa shape index (κ2) is 6.23. The number of rotatable bonds is 3. The van der Waals surface area contributed by atoms with Gasteiger partial charge in [-0.25, -0.2) is 0 Å². The van der Waals surface area contributed by atoms with E-state index in [0.717, 1.165) is 25.9 Å². The van der Waals surface area contributed by atoms with Gasteiger partial charge in [-0.3, -0.25) is 4.79 Å². The highest BCUT2D eigenvalue weighted by molar-refractivity contribution is 5.81. The van der Waals surface area contributed by atoms with E-state index in [4.69, 9.17) is 5.73 Å². The van der Waals surface area contributed by atoms with Crippen molar-refractivity contribution < 1.29 is 4.79 Å². The molecule has 3 atom stereocenters. The van der Waals surface area contributed by atoms with Crippen LogP contribution < -0.4 is 5.73 Å². The Hall–Kier alpha value is -0.610. The largest absolute Gasteiger partial charge is 0.341 e. The van der Waals surface area contributed by atoms with Gasteiger partial charge in [0.05, 0.1) is 6.04 Å². The van der Waals surface area contributed by atoms with Crippen LogP contribution in [0.25, 0.3) is 0 Å². The zero-order chi connectivity index (χ0) is 14.0. The second-order valence-electron chi connectivity index (χ2n) is 6.76. The van der Waals surface area contributed by atoms with Crippen LogP contribution in [-0.2, 0) is 4.79 Å². The van der Waals surface area contributed by atoms with Gasteiger partial charge in [-0.2, -0.15) is 0 Å². The molecule has 110 valence electrons. The fraction of sp³-hybridized carbons (Fsp3) is 0.933. The number of nitrogens with zero attached hydrogens (tertiary/aromatic N) is 2. The van der Waals surface area contributed by atoms with E-state index in [2.05, 4.69) is 25.8 Å². The number of hydrogen-bond acceptors (Lipinski definition) is 3. The average Bonchev–Trinajstić information content (AvgIpc) is 2.37. The third-order valence-electron chi connectivity index (χ3n) is 4.70. The minimum Gasteiger partial charge on any atom is -0.341 e. The van der Waals surface area contributed by atoms with Crippen molar-refractivity contribution in [3.63, 3.8) is 0 Å². The van der Waals surface area contributed by atoms with Gasteiger partial charge in [0, 0.05) is 19.1 Å². The molecule has 0 bridgehead atoms. The number of piperidine rings is 2. The van der Waals surface area contributed by atoms with Crippen molar-refractivity contribution in [2.45, 2.75) is 51.6 Å². The Morgan fingerprint density at radius 1 is 1.32 bits per heavy atom. The van der Waals surface area contributed by atoms with E-state index in [1.54, 1.807) is 0 Å². The molecule has 0 aromatic carbocycles. The highest BCUT2D eigenvalue weighted by atomic mass is 16.2. The quantitative estimate of drug-likeness (QED) is 0.838. The SMILES string of the molecule is CC(C)C[C@@H](N)C(=O)N1CCC2C(CCCN2C)C1. The van der Waals surface area contributed by atoms with Crippen LogP contribution in [0.2, 0.25) is 0 Å². The number of fused-ring (bicyclic) bond motifs is 1. The van der Waals surface area contributed by atoms with E-state index in [-0.39, 0.29) is 11.9 Å². The molecule has 4 heteroatoms. The Kier molecular flexibility index (Phi) is 4.85. The standard InChI is InChI=1S/C15H29N3O/c1-11(2)9-13(16)15(19)18-8-6-14-12(10-18)5-4-7-17(14)3/h11-14H,4-10,16H2,1-3H3/t12?,13-,14?/m1/s1. The number of likely N-dealkylation sites (tertiary alicyclic amines) is 2. The maximum atomic E-state index is 12.4. The van der Waals surface area contributed by atoms with Crippen LogP contribution in [0.5, 0.6) is 0 Å². The molecule has 0 saturated carbocycles. The van der Waals surface area contributed by atoms with Gasteiger partial charge in [0.2, 0.25) is 5.91 Å². The normalized spacial score (nSPS) is 30.3. The monoisotopic (exact) mass is 267 g/mol. The molecule has 2 unspecified atom stereocenters. The molecule has 1 amide bonds. The number of carbonyl (C=O) groups is 1. The van der Waals surface area contributed by atoms with E-state index in [9.17, 15) is 4.79 Å². The van der Waals surface area contributed by atoms with Crippen LogP contribution in [0.3, 0.4) is 0 Å². The van der Waals surface area contributed by atoms with Gasteiger partial charge in [-0.15, -0.1) is 0 Å². The molecule has 4 nitrogen and oxygen atoms in total. The first-order chi connectivity index (χ1) is 8.99. The van der Waals surface area contributed by atoms with E-state index in [1.165, 1.54) is 19.4 Å². The maximum absolute atomic E-state index is 12.4. The van der Waals surface area contributed by atoms with Crippen molar-refractivity contribution >= 4 is 5.91 Å². The van der Waals surface area contributed by atoms with Crippen molar-refractivity contribution in [1.82, 2.24) is 9.80 Å². The van der Waals surface area contributed by atoms with Crippen molar-refractivity contribution in [2.75, 3.05) is 26.7 Å². The maximum Gasteiger partial charge on any atom is 0.239 e. The van der Waals surface area contributed by atoms with Gasteiger partial charge in [0.1, 0.15) is 0 Å². The zero-order valence-electron chi connectivity index (χ0n) is 12.6. The van der Waals surface area contributed by atoms with Crippen molar-refractivity contribution in [1.29, 1.82) is 0 Å². The summed E-state index contributed by atoms with van der Waals surface area (Å²) in [5, 5.41) is 0. The molecular formula is C15H29N3O. The summed E-state index contributed by atoms with van der Waals surface area (Å²) in [5.74, 6) is 1.31. The molecule has 2 N–H and O–H groups in total. The highest BCUT2D eigenvalue weighted by Crippen LogP contribution is 2.29. The molecule has 0 radical (unpaired) electrons. The number of nitrogens with two attached hydrogens (primary N) is 1. The fourth-order valence-electron chi connectivity index (χ4n) is 3.70. The summed E-state index contributed by atoms with van der Waals surface area (Å²) in [4.78, 5) is 16.9. The summed E-state index contributed by atoms with van der Waals surface area (Å²) in [5.41, 5.74) is 6.04. The van der Waals surface area contributed by atoms with Crippen molar-refractivity contribution in [3.8, 4) is 0 Å². The van der Waals surface area contributed by atoms with Crippen molar-refractivity contribution in [3.05, 3.63) is 0 Å². The summed E-state index contributed by atoms with van der Waals surface area (Å²) in [6.45, 7) is 7.25. The predicted octanol–water partition coefficient (Wildman–Crippen LogP) is 1.30. The minimum atomic E-state index is -0.308. The summed E-state index contributed by atoms with van der Waals surface area (Å²) in [7, 11) is 2.22. The van der Waals surface area contributed by atoms with Gasteiger partial charge in [0.25, 0.3) is 0 Å². The van der Waals surface area contributed by atoms with E-state index >= 15 is 0 Å². The Labute approximate surface area is 117 Å². The van der Waals surface area contributed by atoms with Crippen LogP contribution >= 0.6 is 0 Å². The smallest absolute Gasteiger partial charge is 0.239 e. The Morgan fingerprint density at radius 3 is 2.74 bits per heavy atom. The van der Waals surface area contributed by atoms with Gasteiger partial charge >= 0.3 is 0 Å². The molecule has 0 aliphatic carbocycles. The first-order valence-electron chi connectivity index (χ1n) is 7.73. The Balaban J connectivity index is 1.91. The average molecular weight is 267 g/mol. The van der Waals surface area contributed by atoms with Gasteiger partial charge < -0.3 is 15.5 Å². The fourth-order valence-corrected chi connectivity index (χ4v) is 3.70. The molecule has 2 fully saturated rings. The molecule has 0 aromatic rings. The summed E-state index contributed by atoms with van der Waals surface area (Å²) in [6, 6.07) is 0.372. The third-order valence-corrected chi connectivity index (χ3v) is 4.70. The van der Waals surface area contributed by atoms with E-state index in [0.29, 0.717) is 17.9 Å². The molecule has 0 spiro atoms. The Morgan fingerprint density at radius 2 is 2.05 bits per heavy atom. The van der Waals surface area contributed by atoms with Crippen LogP contribution in [0, 0.1) is 11.8 Å². The topological polar surface area (TPSA) is 49.6 Å². The zero-order valence-corrected chi connectivity index (χ0v) is 12.6. The molecule has 2 aliphatic rings. The molecule has 2 aliphatic heterocycles. The lowest BCUT2D eigenvalue weighted by Gasteiger charge is -2.46. The predicted molar refractivity (Wildman–Crippen MR) is 77.8 cm³/mol. The highest BCUT2D eigenvalue weighted by Gasteiger charge is 2.36. The summed E-state index contributed by atoms with van der Waals surface area (Å²) < 4.78 is 0. The minimum absolute atomic E-state index is 0.167. The Bertz CT molecular complexity index is 319. The van der Waals surface area contributed by atoms with Crippen LogP contribution in [-0.4, -0.2) is 54.5 Å². The lowest BCUT2D eigenvalue weighted by atomic mass is 9.84. The van der Waals surface area contributed by atoms with Crippen LogP contribution in [0.15, 0.2) is 0 Å². The molecule has 2 heterocycles. The van der Waals surface area contributed by atoms with Crippen molar-refractivity contribution in [2.24, 2.45) is 17.6 Å². The summed E-state index contributed by atoms with van der Waals surface area (Å²) in [6.07, 6.45) is 4.43. The van der Waals surface area contributed by atoms with E-state index < -0.39 is 0 Å². The first kappa shape index (κ1) is 14.8. The van der Waals surface area contributed by atoms with Crippen LogP contribution in [0.4, 0.5) is 0 Å². The molecule has 19 heavy (non-hydrogen) atoms. The lowest BCUT2D eigenvalue weighted by Crippen LogP contribution is -2.56. The molecule has 2 saturated heterocycles.